The fraction of sp³-hybridized carbons (Fsp3) is 0.667. The van der Waals surface area contributed by atoms with Gasteiger partial charge in [-0.2, -0.15) is 0 Å². The van der Waals surface area contributed by atoms with Crippen molar-refractivity contribution in [1.29, 1.82) is 0 Å². The van der Waals surface area contributed by atoms with Gasteiger partial charge in [0.2, 0.25) is 0 Å². The smallest absolute Gasteiger partial charge is 0.330 e. The number of ether oxygens (including phenoxy) is 2. The fourth-order valence-corrected chi connectivity index (χ4v) is 1.51. The number of carbonyl (C=O) groups is 2. The summed E-state index contributed by atoms with van der Waals surface area (Å²) >= 11 is 0. The quantitative estimate of drug-likeness (QED) is 0.265. The van der Waals surface area contributed by atoms with Crippen molar-refractivity contribution in [3.05, 3.63) is 12.7 Å². The molecular weight excluding hydrogens is 255 g/mol. The summed E-state index contributed by atoms with van der Waals surface area (Å²) in [5.41, 5.74) is 0. The van der Waals surface area contributed by atoms with Gasteiger partial charge < -0.3 is 9.47 Å². The molecule has 0 bridgehead atoms. The van der Waals surface area contributed by atoms with Gasteiger partial charge in [-0.15, -0.1) is 0 Å². The molecule has 0 aliphatic rings. The standard InChI is InChI=1S/C12H19O5P/c1-3-11(13)17-10(2)6-4-5-8-16-12(14)7-9-18-15/h3,10H,1,4-9H2,2H3. The lowest BCUT2D eigenvalue weighted by atomic mass is 10.2. The van der Waals surface area contributed by atoms with Gasteiger partial charge in [-0.05, 0) is 26.2 Å². The van der Waals surface area contributed by atoms with E-state index in [1.165, 1.54) is 0 Å². The molecule has 5 nitrogen and oxygen atoms in total. The maximum atomic E-state index is 11.0. The summed E-state index contributed by atoms with van der Waals surface area (Å²) in [6, 6.07) is 0. The van der Waals surface area contributed by atoms with Crippen LogP contribution in [-0.2, 0) is 23.6 Å². The Balaban J connectivity index is 3.44. The van der Waals surface area contributed by atoms with Crippen molar-refractivity contribution in [1.82, 2.24) is 0 Å². The van der Waals surface area contributed by atoms with Crippen LogP contribution in [0.4, 0.5) is 0 Å². The number of esters is 2. The first kappa shape index (κ1) is 16.8. The molecule has 0 saturated heterocycles. The molecule has 0 aromatic carbocycles. The molecule has 1 atom stereocenters. The molecule has 0 fully saturated rings. The minimum Gasteiger partial charge on any atom is -0.466 e. The second-order valence-corrected chi connectivity index (χ2v) is 4.48. The van der Waals surface area contributed by atoms with Gasteiger partial charge in [0.25, 0.3) is 0 Å². The molecule has 18 heavy (non-hydrogen) atoms. The van der Waals surface area contributed by atoms with Gasteiger partial charge in [-0.3, -0.25) is 9.36 Å². The first-order chi connectivity index (χ1) is 8.60. The van der Waals surface area contributed by atoms with Crippen molar-refractivity contribution in [2.45, 2.75) is 38.7 Å². The normalized spacial score (nSPS) is 11.8. The van der Waals surface area contributed by atoms with Crippen LogP contribution in [0.15, 0.2) is 12.7 Å². The molecule has 0 saturated carbocycles. The van der Waals surface area contributed by atoms with Crippen LogP contribution in [0, 0.1) is 0 Å². The molecule has 0 aliphatic heterocycles. The average molecular weight is 274 g/mol. The van der Waals surface area contributed by atoms with Crippen LogP contribution >= 0.6 is 8.46 Å². The zero-order valence-electron chi connectivity index (χ0n) is 10.6. The molecule has 0 amide bonds. The lowest BCUT2D eigenvalue weighted by Gasteiger charge is -2.11. The SMILES string of the molecule is C=CC(=O)OC(C)CCCCOC(=O)CCP=O. The zero-order chi connectivity index (χ0) is 13.8. The summed E-state index contributed by atoms with van der Waals surface area (Å²) in [6.45, 7) is 5.46. The van der Waals surface area contributed by atoms with E-state index in [1.54, 1.807) is 6.92 Å². The molecular formula is C12H19O5P. The monoisotopic (exact) mass is 274 g/mol. The van der Waals surface area contributed by atoms with E-state index in [1.807, 2.05) is 0 Å². The summed E-state index contributed by atoms with van der Waals surface area (Å²) < 4.78 is 20.0. The fourth-order valence-electron chi connectivity index (χ4n) is 1.23. The summed E-state index contributed by atoms with van der Waals surface area (Å²) in [6.07, 6.45) is 3.69. The Bertz CT molecular complexity index is 290. The van der Waals surface area contributed by atoms with Crippen LogP contribution in [0.3, 0.4) is 0 Å². The van der Waals surface area contributed by atoms with Gasteiger partial charge in [0.1, 0.15) is 0 Å². The topological polar surface area (TPSA) is 69.7 Å². The molecule has 0 N–H and O–H groups in total. The lowest BCUT2D eigenvalue weighted by Crippen LogP contribution is -2.13. The maximum absolute atomic E-state index is 11.0. The predicted molar refractivity (Wildman–Crippen MR) is 67.7 cm³/mol. The van der Waals surface area contributed by atoms with E-state index in [0.717, 1.165) is 25.3 Å². The van der Waals surface area contributed by atoms with Gasteiger partial charge in [-0.1, -0.05) is 6.58 Å². The minimum atomic E-state index is -0.425. The van der Waals surface area contributed by atoms with Crippen LogP contribution < -0.4 is 0 Å². The van der Waals surface area contributed by atoms with Crippen molar-refractivity contribution in [3.8, 4) is 0 Å². The predicted octanol–water partition coefficient (Wildman–Crippen LogP) is 2.50. The summed E-state index contributed by atoms with van der Waals surface area (Å²) in [7, 11) is -0.0398. The van der Waals surface area contributed by atoms with Crippen molar-refractivity contribution in [3.63, 3.8) is 0 Å². The number of unbranched alkanes of at least 4 members (excludes halogenated alkanes) is 1. The average Bonchev–Trinajstić information content (AvgIpc) is 2.35. The highest BCUT2D eigenvalue weighted by Gasteiger charge is 2.06. The molecule has 0 radical (unpaired) electrons. The Morgan fingerprint density at radius 3 is 2.72 bits per heavy atom. The van der Waals surface area contributed by atoms with Gasteiger partial charge in [0.15, 0.2) is 8.46 Å². The van der Waals surface area contributed by atoms with E-state index in [2.05, 4.69) is 6.58 Å². The van der Waals surface area contributed by atoms with Crippen molar-refractivity contribution in [2.75, 3.05) is 12.8 Å². The summed E-state index contributed by atoms with van der Waals surface area (Å²) in [5.74, 6) is -0.754. The van der Waals surface area contributed by atoms with Crippen molar-refractivity contribution < 1.29 is 23.6 Å². The van der Waals surface area contributed by atoms with E-state index >= 15 is 0 Å². The van der Waals surface area contributed by atoms with Crippen LogP contribution in [0.5, 0.6) is 0 Å². The van der Waals surface area contributed by atoms with E-state index < -0.39 is 5.97 Å². The highest BCUT2D eigenvalue weighted by molar-refractivity contribution is 7.23. The molecule has 1 unspecified atom stereocenters. The summed E-state index contributed by atoms with van der Waals surface area (Å²) in [5, 5.41) is 0. The van der Waals surface area contributed by atoms with E-state index in [9.17, 15) is 14.2 Å². The Labute approximate surface area is 109 Å². The molecule has 0 spiro atoms. The third kappa shape index (κ3) is 9.97. The van der Waals surface area contributed by atoms with Crippen LogP contribution in [0.25, 0.3) is 0 Å². The molecule has 0 aromatic rings. The number of hydrogen-bond donors (Lipinski definition) is 0. The molecule has 0 rings (SSSR count). The minimum absolute atomic E-state index is 0.0398. The number of hydrogen-bond acceptors (Lipinski definition) is 5. The van der Waals surface area contributed by atoms with Gasteiger partial charge in [0.05, 0.1) is 19.1 Å². The largest absolute Gasteiger partial charge is 0.466 e. The van der Waals surface area contributed by atoms with E-state index in [0.29, 0.717) is 12.8 Å². The third-order valence-corrected chi connectivity index (χ3v) is 2.57. The van der Waals surface area contributed by atoms with Crippen LogP contribution in [-0.4, -0.2) is 30.8 Å². The van der Waals surface area contributed by atoms with Gasteiger partial charge in [0, 0.05) is 12.2 Å². The Kier molecular flexibility index (Phi) is 10.2. The third-order valence-electron chi connectivity index (χ3n) is 2.16. The zero-order valence-corrected chi connectivity index (χ0v) is 11.5. The second kappa shape index (κ2) is 10.9. The van der Waals surface area contributed by atoms with Gasteiger partial charge in [-0.25, -0.2) is 4.79 Å². The maximum Gasteiger partial charge on any atom is 0.330 e. The van der Waals surface area contributed by atoms with Crippen molar-refractivity contribution in [2.24, 2.45) is 0 Å². The Morgan fingerprint density at radius 1 is 1.39 bits per heavy atom. The Hall–Kier alpha value is -1.22. The highest BCUT2D eigenvalue weighted by Crippen LogP contribution is 2.06. The van der Waals surface area contributed by atoms with Crippen LogP contribution in [0.1, 0.15) is 32.6 Å². The Morgan fingerprint density at radius 2 is 2.11 bits per heavy atom. The number of rotatable bonds is 10. The molecule has 0 heterocycles. The highest BCUT2D eigenvalue weighted by atomic mass is 31.1. The second-order valence-electron chi connectivity index (χ2n) is 3.77. The molecule has 102 valence electrons. The van der Waals surface area contributed by atoms with Crippen LogP contribution in [0.2, 0.25) is 0 Å². The number of carbonyl (C=O) groups excluding carboxylic acids is 2. The lowest BCUT2D eigenvalue weighted by molar-refractivity contribution is -0.143. The molecule has 0 aromatic heterocycles. The van der Waals surface area contributed by atoms with Gasteiger partial charge >= 0.3 is 11.9 Å². The molecule has 0 aliphatic carbocycles. The first-order valence-corrected chi connectivity index (χ1v) is 6.87. The first-order valence-electron chi connectivity index (χ1n) is 5.88. The van der Waals surface area contributed by atoms with E-state index in [-0.39, 0.29) is 27.0 Å². The van der Waals surface area contributed by atoms with Crippen molar-refractivity contribution >= 4 is 20.4 Å². The summed E-state index contributed by atoms with van der Waals surface area (Å²) in [4.78, 5) is 21.9. The van der Waals surface area contributed by atoms with E-state index in [4.69, 9.17) is 9.47 Å². The molecule has 6 heteroatoms.